The number of alkyl carbamates (subject to hydrolysis) is 1. The highest BCUT2D eigenvalue weighted by molar-refractivity contribution is 6.04. The van der Waals surface area contributed by atoms with Crippen LogP contribution in [0.1, 0.15) is 27.7 Å². The van der Waals surface area contributed by atoms with Crippen molar-refractivity contribution in [2.75, 3.05) is 0 Å². The fourth-order valence-electron chi connectivity index (χ4n) is 2.67. The Balaban J connectivity index is 1.80. The van der Waals surface area contributed by atoms with E-state index in [2.05, 4.69) is 5.32 Å². The van der Waals surface area contributed by atoms with Crippen LogP contribution in [0.25, 0.3) is 21.7 Å². The van der Waals surface area contributed by atoms with Crippen LogP contribution < -0.4 is 15.7 Å². The summed E-state index contributed by atoms with van der Waals surface area (Å²) in [7, 11) is 0. The van der Waals surface area contributed by atoms with Crippen molar-refractivity contribution in [1.29, 1.82) is 0 Å². The molecule has 0 unspecified atom stereocenters. The summed E-state index contributed by atoms with van der Waals surface area (Å²) in [5.41, 5.74) is -0.713. The van der Waals surface area contributed by atoms with Crippen LogP contribution in [0, 0.1) is 0 Å². The fourth-order valence-corrected chi connectivity index (χ4v) is 2.67. The van der Waals surface area contributed by atoms with Crippen molar-refractivity contribution >= 4 is 33.8 Å². The molecule has 1 N–H and O–H groups in total. The minimum atomic E-state index is -0.932. The summed E-state index contributed by atoms with van der Waals surface area (Å²) in [5, 5.41) is 4.20. The molecule has 0 aliphatic carbocycles. The Bertz CT molecular complexity index is 1110. The molecule has 1 amide bonds. The van der Waals surface area contributed by atoms with Crippen molar-refractivity contribution in [3.63, 3.8) is 0 Å². The maximum Gasteiger partial charge on any atom is 0.408 e. The molecule has 1 heterocycles. The predicted molar refractivity (Wildman–Crippen MR) is 104 cm³/mol. The van der Waals surface area contributed by atoms with E-state index in [4.69, 9.17) is 13.9 Å². The summed E-state index contributed by atoms with van der Waals surface area (Å²) in [6.45, 7) is 6.65. The maximum absolute atomic E-state index is 12.3. The van der Waals surface area contributed by atoms with Crippen LogP contribution in [-0.2, 0) is 9.53 Å². The summed E-state index contributed by atoms with van der Waals surface area (Å²) >= 11 is 0. The lowest BCUT2D eigenvalue weighted by atomic mass is 10.1. The van der Waals surface area contributed by atoms with Gasteiger partial charge in [0.2, 0.25) is 0 Å². The highest BCUT2D eigenvalue weighted by atomic mass is 16.6. The summed E-state index contributed by atoms with van der Waals surface area (Å²) in [6, 6.07) is 11.0. The minimum absolute atomic E-state index is 0.179. The molecule has 3 aromatic rings. The van der Waals surface area contributed by atoms with Crippen LogP contribution in [0.4, 0.5) is 4.79 Å². The summed E-state index contributed by atoms with van der Waals surface area (Å²) in [4.78, 5) is 36.3. The molecule has 1 aromatic heterocycles. The molecule has 0 aliphatic heterocycles. The van der Waals surface area contributed by atoms with Crippen molar-refractivity contribution < 1.29 is 23.5 Å². The lowest BCUT2D eigenvalue weighted by molar-refractivity contribution is -0.136. The summed E-state index contributed by atoms with van der Waals surface area (Å²) in [5.74, 6) is -0.506. The van der Waals surface area contributed by atoms with Gasteiger partial charge in [-0.2, -0.15) is 0 Å². The third kappa shape index (κ3) is 4.31. The summed E-state index contributed by atoms with van der Waals surface area (Å²) < 4.78 is 15.7. The number of hydrogen-bond acceptors (Lipinski definition) is 6. The second-order valence-corrected chi connectivity index (χ2v) is 7.38. The zero-order valence-corrected chi connectivity index (χ0v) is 16.1. The largest absolute Gasteiger partial charge is 0.444 e. The van der Waals surface area contributed by atoms with Gasteiger partial charge in [0.25, 0.3) is 0 Å². The molecule has 3 rings (SSSR count). The monoisotopic (exact) mass is 383 g/mol. The van der Waals surface area contributed by atoms with Gasteiger partial charge in [0.05, 0.1) is 5.39 Å². The molecule has 0 saturated carbocycles. The number of carbonyl (C=O) groups excluding carboxylic acids is 2. The smallest absolute Gasteiger partial charge is 0.408 e. The van der Waals surface area contributed by atoms with Gasteiger partial charge < -0.3 is 19.2 Å². The first-order chi connectivity index (χ1) is 13.1. The Kier molecular flexibility index (Phi) is 5.09. The van der Waals surface area contributed by atoms with Gasteiger partial charge in [-0.15, -0.1) is 0 Å². The number of ether oxygens (including phenoxy) is 2. The van der Waals surface area contributed by atoms with E-state index in [1.165, 1.54) is 13.0 Å². The highest BCUT2D eigenvalue weighted by Gasteiger charge is 2.22. The molecule has 28 heavy (non-hydrogen) atoms. The van der Waals surface area contributed by atoms with E-state index in [-0.39, 0.29) is 5.75 Å². The predicted octanol–water partition coefficient (Wildman–Crippen LogP) is 3.76. The Morgan fingerprint density at radius 2 is 1.75 bits per heavy atom. The number of nitrogens with one attached hydrogen (secondary N) is 1. The molecule has 7 nitrogen and oxygen atoms in total. The quantitative estimate of drug-likeness (QED) is 0.320. The van der Waals surface area contributed by atoms with Gasteiger partial charge in [0.1, 0.15) is 23.0 Å². The molecular weight excluding hydrogens is 362 g/mol. The van der Waals surface area contributed by atoms with Gasteiger partial charge >= 0.3 is 17.7 Å². The number of fused-ring (bicyclic) bond motifs is 3. The molecule has 146 valence electrons. The molecule has 2 aromatic carbocycles. The van der Waals surface area contributed by atoms with Crippen LogP contribution in [0.15, 0.2) is 51.7 Å². The van der Waals surface area contributed by atoms with Gasteiger partial charge in [-0.25, -0.2) is 14.4 Å². The van der Waals surface area contributed by atoms with Crippen LogP contribution in [0.2, 0.25) is 0 Å². The Hall–Kier alpha value is -3.35. The maximum atomic E-state index is 12.3. The third-order valence-electron chi connectivity index (χ3n) is 3.90. The van der Waals surface area contributed by atoms with Crippen molar-refractivity contribution in [2.45, 2.75) is 39.3 Å². The second-order valence-electron chi connectivity index (χ2n) is 7.38. The van der Waals surface area contributed by atoms with Crippen molar-refractivity contribution in [1.82, 2.24) is 5.32 Å². The molecule has 0 spiro atoms. The number of benzene rings is 2. The third-order valence-corrected chi connectivity index (χ3v) is 3.90. The number of para-hydroxylation sites is 1. The van der Waals surface area contributed by atoms with Crippen molar-refractivity contribution in [2.24, 2.45) is 0 Å². The van der Waals surface area contributed by atoms with E-state index in [1.54, 1.807) is 45.0 Å². The lowest BCUT2D eigenvalue weighted by Gasteiger charge is -2.21. The average molecular weight is 383 g/mol. The zero-order valence-electron chi connectivity index (χ0n) is 16.1. The van der Waals surface area contributed by atoms with Gasteiger partial charge in [-0.05, 0) is 52.0 Å². The number of amides is 1. The molecule has 0 fully saturated rings. The van der Waals surface area contributed by atoms with E-state index in [9.17, 15) is 14.4 Å². The summed E-state index contributed by atoms with van der Waals surface area (Å²) in [6.07, 6.45) is -0.720. The Labute approximate surface area is 161 Å². The SMILES string of the molecule is C[C@@H](NC(=O)OC(C)(C)C)C(=O)Oc1ccc2c(c1)c(=O)oc1ccccc12. The zero-order chi connectivity index (χ0) is 20.5. The van der Waals surface area contributed by atoms with E-state index in [0.29, 0.717) is 16.4 Å². The Morgan fingerprint density at radius 1 is 1.04 bits per heavy atom. The number of rotatable bonds is 3. The van der Waals surface area contributed by atoms with Gasteiger partial charge in [0.15, 0.2) is 0 Å². The fraction of sp³-hybridized carbons (Fsp3) is 0.286. The van der Waals surface area contributed by atoms with Gasteiger partial charge in [-0.1, -0.05) is 18.2 Å². The average Bonchev–Trinajstić information content (AvgIpc) is 2.60. The number of hydrogen-bond donors (Lipinski definition) is 1. The molecule has 0 bridgehead atoms. The van der Waals surface area contributed by atoms with Crippen molar-refractivity contribution in [3.05, 3.63) is 52.9 Å². The number of carbonyl (C=O) groups is 2. The normalized spacial score (nSPS) is 12.6. The van der Waals surface area contributed by atoms with Gasteiger partial charge in [0, 0.05) is 10.8 Å². The molecule has 7 heteroatoms. The van der Waals surface area contributed by atoms with E-state index in [0.717, 1.165) is 5.39 Å². The van der Waals surface area contributed by atoms with Crippen LogP contribution in [0.3, 0.4) is 0 Å². The highest BCUT2D eigenvalue weighted by Crippen LogP contribution is 2.26. The van der Waals surface area contributed by atoms with Gasteiger partial charge in [-0.3, -0.25) is 0 Å². The van der Waals surface area contributed by atoms with E-state index < -0.39 is 29.3 Å². The first kappa shape index (κ1) is 19.4. The molecule has 0 radical (unpaired) electrons. The first-order valence-corrected chi connectivity index (χ1v) is 8.81. The lowest BCUT2D eigenvalue weighted by Crippen LogP contribution is -2.43. The standard InChI is InChI=1S/C21H21NO6/c1-12(22-20(25)28-21(2,3)4)18(23)26-13-9-10-14-15-7-5-6-8-17(15)27-19(24)16(14)11-13/h5-12H,1-4H3,(H,22,25)/t12-/m1/s1. The Morgan fingerprint density at radius 3 is 2.46 bits per heavy atom. The van der Waals surface area contributed by atoms with E-state index >= 15 is 0 Å². The van der Waals surface area contributed by atoms with Crippen LogP contribution >= 0.6 is 0 Å². The number of esters is 1. The van der Waals surface area contributed by atoms with Crippen molar-refractivity contribution in [3.8, 4) is 5.75 Å². The molecule has 1 atom stereocenters. The topological polar surface area (TPSA) is 94.8 Å². The van der Waals surface area contributed by atoms with Crippen LogP contribution in [-0.4, -0.2) is 23.7 Å². The minimum Gasteiger partial charge on any atom is -0.444 e. The molecule has 0 saturated heterocycles. The molecular formula is C21H21NO6. The van der Waals surface area contributed by atoms with E-state index in [1.807, 2.05) is 12.1 Å². The van der Waals surface area contributed by atoms with Crippen LogP contribution in [0.5, 0.6) is 5.75 Å². The second kappa shape index (κ2) is 7.34. The first-order valence-electron chi connectivity index (χ1n) is 8.81. The molecule has 0 aliphatic rings.